The van der Waals surface area contributed by atoms with Gasteiger partial charge in [-0.1, -0.05) is 12.1 Å². The number of sulfone groups is 1. The highest BCUT2D eigenvalue weighted by Gasteiger charge is 2.26. The molecule has 0 radical (unpaired) electrons. The molecule has 0 spiro atoms. The van der Waals surface area contributed by atoms with Crippen LogP contribution in [0.2, 0.25) is 0 Å². The van der Waals surface area contributed by atoms with Crippen LogP contribution in [0.4, 0.5) is 0 Å². The summed E-state index contributed by atoms with van der Waals surface area (Å²) in [5.41, 5.74) is 6.04. The van der Waals surface area contributed by atoms with Crippen LogP contribution in [0.25, 0.3) is 0 Å². The minimum atomic E-state index is -2.93. The van der Waals surface area contributed by atoms with Gasteiger partial charge >= 0.3 is 0 Å². The van der Waals surface area contributed by atoms with Gasteiger partial charge in [0.25, 0.3) is 0 Å². The average Bonchev–Trinajstić information content (AvgIpc) is 2.36. The number of para-hydroxylation sites is 2. The molecule has 0 aromatic heterocycles. The standard InChI is InChI=1S/C13H19NO4S/c1-19(15,16)8-4-5-10(14)13-9-17-11-6-2-3-7-12(11)18-13/h2-3,6-7,10,13H,4-5,8-9,14H2,1H3. The second-order valence-corrected chi connectivity index (χ2v) is 7.11. The van der Waals surface area contributed by atoms with Crippen molar-refractivity contribution in [3.05, 3.63) is 24.3 Å². The van der Waals surface area contributed by atoms with Crippen molar-refractivity contribution in [2.24, 2.45) is 5.73 Å². The molecule has 106 valence electrons. The first-order valence-electron chi connectivity index (χ1n) is 6.27. The van der Waals surface area contributed by atoms with E-state index in [-0.39, 0.29) is 17.9 Å². The molecule has 2 unspecified atom stereocenters. The van der Waals surface area contributed by atoms with Crippen LogP contribution in [-0.2, 0) is 9.84 Å². The van der Waals surface area contributed by atoms with Crippen LogP contribution in [-0.4, -0.2) is 39.2 Å². The Morgan fingerprint density at radius 2 is 2.05 bits per heavy atom. The monoisotopic (exact) mass is 285 g/mol. The second kappa shape index (κ2) is 5.79. The summed E-state index contributed by atoms with van der Waals surface area (Å²) in [6.45, 7) is 0.400. The van der Waals surface area contributed by atoms with E-state index in [0.29, 0.717) is 25.2 Å². The Balaban J connectivity index is 1.87. The lowest BCUT2D eigenvalue weighted by Gasteiger charge is -2.30. The maximum Gasteiger partial charge on any atom is 0.161 e. The number of benzene rings is 1. The zero-order chi connectivity index (χ0) is 13.9. The van der Waals surface area contributed by atoms with E-state index < -0.39 is 9.84 Å². The first-order chi connectivity index (χ1) is 8.96. The number of hydrogen-bond donors (Lipinski definition) is 1. The van der Waals surface area contributed by atoms with Crippen LogP contribution in [0.1, 0.15) is 12.8 Å². The van der Waals surface area contributed by atoms with Crippen molar-refractivity contribution in [3.8, 4) is 11.5 Å². The normalized spacial score (nSPS) is 20.0. The van der Waals surface area contributed by atoms with Gasteiger partial charge in [0.05, 0.1) is 0 Å². The van der Waals surface area contributed by atoms with Crippen LogP contribution < -0.4 is 15.2 Å². The third kappa shape index (κ3) is 4.11. The van der Waals surface area contributed by atoms with Gasteiger partial charge in [0, 0.05) is 18.1 Å². The largest absolute Gasteiger partial charge is 0.486 e. The van der Waals surface area contributed by atoms with E-state index in [2.05, 4.69) is 0 Å². The summed E-state index contributed by atoms with van der Waals surface area (Å²) in [4.78, 5) is 0. The summed E-state index contributed by atoms with van der Waals surface area (Å²) in [6, 6.07) is 7.22. The van der Waals surface area contributed by atoms with Crippen molar-refractivity contribution in [2.45, 2.75) is 25.0 Å². The zero-order valence-electron chi connectivity index (χ0n) is 10.9. The number of rotatable bonds is 5. The van der Waals surface area contributed by atoms with Crippen molar-refractivity contribution in [3.63, 3.8) is 0 Å². The van der Waals surface area contributed by atoms with E-state index in [9.17, 15) is 8.42 Å². The van der Waals surface area contributed by atoms with Crippen molar-refractivity contribution in [1.29, 1.82) is 0 Å². The average molecular weight is 285 g/mol. The van der Waals surface area contributed by atoms with Crippen molar-refractivity contribution in [1.82, 2.24) is 0 Å². The Kier molecular flexibility index (Phi) is 4.31. The number of fused-ring (bicyclic) bond motifs is 1. The Hall–Kier alpha value is -1.27. The molecule has 0 amide bonds. The number of ether oxygens (including phenoxy) is 2. The van der Waals surface area contributed by atoms with E-state index in [1.807, 2.05) is 24.3 Å². The molecule has 1 aromatic rings. The van der Waals surface area contributed by atoms with E-state index in [1.165, 1.54) is 6.26 Å². The minimum Gasteiger partial charge on any atom is -0.486 e. The van der Waals surface area contributed by atoms with Gasteiger partial charge < -0.3 is 15.2 Å². The SMILES string of the molecule is CS(=O)(=O)CCCC(N)C1COc2ccccc2O1. The second-order valence-electron chi connectivity index (χ2n) is 4.85. The topological polar surface area (TPSA) is 78.6 Å². The first kappa shape index (κ1) is 14.1. The summed E-state index contributed by atoms with van der Waals surface area (Å²) >= 11 is 0. The van der Waals surface area contributed by atoms with Crippen molar-refractivity contribution >= 4 is 9.84 Å². The Morgan fingerprint density at radius 3 is 2.74 bits per heavy atom. The number of nitrogens with two attached hydrogens (primary N) is 1. The molecular formula is C13H19NO4S. The predicted molar refractivity (Wildman–Crippen MR) is 73.3 cm³/mol. The molecule has 1 aliphatic rings. The molecule has 6 heteroatoms. The quantitative estimate of drug-likeness (QED) is 0.872. The van der Waals surface area contributed by atoms with Crippen LogP contribution in [0, 0.1) is 0 Å². The summed E-state index contributed by atoms with van der Waals surface area (Å²) in [5, 5.41) is 0. The van der Waals surface area contributed by atoms with Crippen LogP contribution >= 0.6 is 0 Å². The summed E-state index contributed by atoms with van der Waals surface area (Å²) in [6.07, 6.45) is 2.15. The fourth-order valence-corrected chi connectivity index (χ4v) is 2.70. The lowest BCUT2D eigenvalue weighted by molar-refractivity contribution is 0.0700. The highest BCUT2D eigenvalue weighted by molar-refractivity contribution is 7.90. The maximum absolute atomic E-state index is 11.1. The van der Waals surface area contributed by atoms with E-state index >= 15 is 0 Å². The fraction of sp³-hybridized carbons (Fsp3) is 0.538. The molecule has 1 heterocycles. The maximum atomic E-state index is 11.1. The Morgan fingerprint density at radius 1 is 1.37 bits per heavy atom. The van der Waals surface area contributed by atoms with Crippen LogP contribution in [0.3, 0.4) is 0 Å². The van der Waals surface area contributed by atoms with Gasteiger partial charge in [0.1, 0.15) is 22.5 Å². The molecule has 0 aliphatic carbocycles. The smallest absolute Gasteiger partial charge is 0.161 e. The molecule has 0 saturated heterocycles. The van der Waals surface area contributed by atoms with Gasteiger partial charge in [-0.05, 0) is 25.0 Å². The van der Waals surface area contributed by atoms with Crippen LogP contribution in [0.15, 0.2) is 24.3 Å². The summed E-state index contributed by atoms with van der Waals surface area (Å²) in [7, 11) is -2.93. The van der Waals surface area contributed by atoms with Gasteiger partial charge in [-0.15, -0.1) is 0 Å². The third-order valence-electron chi connectivity index (χ3n) is 3.06. The summed E-state index contributed by atoms with van der Waals surface area (Å²) < 4.78 is 33.5. The molecule has 1 aromatic carbocycles. The molecule has 0 fully saturated rings. The lowest BCUT2D eigenvalue weighted by atomic mass is 10.1. The molecular weight excluding hydrogens is 266 g/mol. The number of hydrogen-bond acceptors (Lipinski definition) is 5. The summed E-state index contributed by atoms with van der Waals surface area (Å²) in [5.74, 6) is 1.57. The molecule has 0 saturated carbocycles. The van der Waals surface area contributed by atoms with E-state index in [4.69, 9.17) is 15.2 Å². The van der Waals surface area contributed by atoms with Gasteiger partial charge in [-0.25, -0.2) is 8.42 Å². The van der Waals surface area contributed by atoms with Gasteiger partial charge in [-0.2, -0.15) is 0 Å². The van der Waals surface area contributed by atoms with Crippen molar-refractivity contribution < 1.29 is 17.9 Å². The molecule has 2 rings (SSSR count). The van der Waals surface area contributed by atoms with E-state index in [1.54, 1.807) is 0 Å². The molecule has 5 nitrogen and oxygen atoms in total. The van der Waals surface area contributed by atoms with Crippen molar-refractivity contribution in [2.75, 3.05) is 18.6 Å². The Bertz CT molecular complexity index is 529. The third-order valence-corrected chi connectivity index (χ3v) is 4.09. The van der Waals surface area contributed by atoms with Gasteiger partial charge in [0.2, 0.25) is 0 Å². The molecule has 1 aliphatic heterocycles. The predicted octanol–water partition coefficient (Wildman–Crippen LogP) is 0.979. The zero-order valence-corrected chi connectivity index (χ0v) is 11.7. The molecule has 2 N–H and O–H groups in total. The molecule has 2 atom stereocenters. The van der Waals surface area contributed by atoms with Crippen LogP contribution in [0.5, 0.6) is 11.5 Å². The minimum absolute atomic E-state index is 0.158. The molecule has 0 bridgehead atoms. The highest BCUT2D eigenvalue weighted by Crippen LogP contribution is 2.31. The highest BCUT2D eigenvalue weighted by atomic mass is 32.2. The van der Waals surface area contributed by atoms with E-state index in [0.717, 1.165) is 5.75 Å². The molecule has 19 heavy (non-hydrogen) atoms. The van der Waals surface area contributed by atoms with Gasteiger partial charge in [-0.3, -0.25) is 0 Å². The Labute approximate surface area is 113 Å². The van der Waals surface area contributed by atoms with Gasteiger partial charge in [0.15, 0.2) is 11.5 Å². The first-order valence-corrected chi connectivity index (χ1v) is 8.33. The fourth-order valence-electron chi connectivity index (χ4n) is 2.01. The lowest BCUT2D eigenvalue weighted by Crippen LogP contribution is -2.45.